The molecule has 7 heteroatoms. The lowest BCUT2D eigenvalue weighted by Crippen LogP contribution is -2.10. The molecule has 3 aromatic rings. The predicted octanol–water partition coefficient (Wildman–Crippen LogP) is 3.78. The first-order chi connectivity index (χ1) is 12.0. The van der Waals surface area contributed by atoms with Gasteiger partial charge in [0.25, 0.3) is 5.56 Å². The van der Waals surface area contributed by atoms with Crippen LogP contribution in [0, 0.1) is 12.7 Å². The molecule has 2 heterocycles. The third kappa shape index (κ3) is 3.51. The third-order valence-electron chi connectivity index (χ3n) is 3.58. The fourth-order valence-corrected chi connectivity index (χ4v) is 3.46. The van der Waals surface area contributed by atoms with Gasteiger partial charge in [0.2, 0.25) is 0 Å². The first kappa shape index (κ1) is 17.0. The van der Waals surface area contributed by atoms with Crippen LogP contribution in [0.5, 0.6) is 0 Å². The fourth-order valence-electron chi connectivity index (χ4n) is 2.38. The molecule has 3 rings (SSSR count). The normalized spacial score (nSPS) is 11.3. The second-order valence-electron chi connectivity index (χ2n) is 5.29. The molecule has 0 aliphatic carbocycles. The molecular weight excluding hydrogens is 343 g/mol. The van der Waals surface area contributed by atoms with E-state index < -0.39 is 5.97 Å². The van der Waals surface area contributed by atoms with Crippen LogP contribution >= 0.6 is 11.3 Å². The highest BCUT2D eigenvalue weighted by atomic mass is 32.1. The molecule has 2 aromatic heterocycles. The number of aromatic amines is 1. The molecule has 5 nitrogen and oxygen atoms in total. The van der Waals surface area contributed by atoms with E-state index in [-0.39, 0.29) is 18.0 Å². The summed E-state index contributed by atoms with van der Waals surface area (Å²) in [6.07, 6.45) is 3.35. The van der Waals surface area contributed by atoms with Gasteiger partial charge >= 0.3 is 5.97 Å². The Bertz CT molecular complexity index is 1020. The van der Waals surface area contributed by atoms with Gasteiger partial charge < -0.3 is 9.72 Å². The standard InChI is InChI=1S/C18H15FN2O3S/c1-3-24-18(23)15-10(2)14-16(22)20-13(21-17(14)25-15)9-6-11-4-7-12(19)8-5-11/h4-9H,3H2,1-2H3,(H,20,21,22)/b9-6+. The summed E-state index contributed by atoms with van der Waals surface area (Å²) in [6, 6.07) is 5.95. The molecule has 0 aliphatic heterocycles. The summed E-state index contributed by atoms with van der Waals surface area (Å²) in [5.74, 6) is -0.407. The Morgan fingerprint density at radius 1 is 1.32 bits per heavy atom. The Balaban J connectivity index is 2.00. The second-order valence-corrected chi connectivity index (χ2v) is 6.29. The van der Waals surface area contributed by atoms with Crippen LogP contribution in [0.4, 0.5) is 4.39 Å². The van der Waals surface area contributed by atoms with Crippen LogP contribution in [-0.4, -0.2) is 22.5 Å². The Morgan fingerprint density at radius 3 is 2.72 bits per heavy atom. The average molecular weight is 358 g/mol. The zero-order chi connectivity index (χ0) is 18.0. The zero-order valence-electron chi connectivity index (χ0n) is 13.6. The van der Waals surface area contributed by atoms with E-state index in [1.807, 2.05) is 0 Å². The van der Waals surface area contributed by atoms with Gasteiger partial charge in [-0.25, -0.2) is 14.2 Å². The van der Waals surface area contributed by atoms with Crippen molar-refractivity contribution in [3.05, 3.63) is 62.3 Å². The minimum atomic E-state index is -0.453. The molecule has 0 saturated heterocycles. The van der Waals surface area contributed by atoms with E-state index in [1.54, 1.807) is 38.1 Å². The Labute approximate surface area is 146 Å². The van der Waals surface area contributed by atoms with Gasteiger partial charge in [0.1, 0.15) is 21.3 Å². The van der Waals surface area contributed by atoms with Crippen molar-refractivity contribution in [2.24, 2.45) is 0 Å². The lowest BCUT2D eigenvalue weighted by Gasteiger charge is -1.98. The number of hydrogen-bond donors (Lipinski definition) is 1. The van der Waals surface area contributed by atoms with Crippen LogP contribution in [0.2, 0.25) is 0 Å². The number of H-pyrrole nitrogens is 1. The number of halogens is 1. The van der Waals surface area contributed by atoms with Gasteiger partial charge in [0.15, 0.2) is 0 Å². The molecule has 0 fully saturated rings. The van der Waals surface area contributed by atoms with Gasteiger partial charge in [-0.15, -0.1) is 11.3 Å². The molecule has 0 bridgehead atoms. The minimum Gasteiger partial charge on any atom is -0.462 e. The van der Waals surface area contributed by atoms with E-state index in [4.69, 9.17) is 4.74 Å². The van der Waals surface area contributed by atoms with Crippen LogP contribution in [0.1, 0.15) is 33.5 Å². The SMILES string of the molecule is CCOC(=O)c1sc2nc(/C=C/c3ccc(F)cc3)[nH]c(=O)c2c1C. The molecule has 0 atom stereocenters. The van der Waals surface area contributed by atoms with Crippen LogP contribution in [-0.2, 0) is 4.74 Å². The maximum absolute atomic E-state index is 12.9. The summed E-state index contributed by atoms with van der Waals surface area (Å²) < 4.78 is 17.9. The summed E-state index contributed by atoms with van der Waals surface area (Å²) in [4.78, 5) is 32.2. The number of benzene rings is 1. The summed E-state index contributed by atoms with van der Waals surface area (Å²) in [5, 5.41) is 0.395. The molecule has 0 saturated carbocycles. The van der Waals surface area contributed by atoms with Gasteiger partial charge in [0.05, 0.1) is 12.0 Å². The third-order valence-corrected chi connectivity index (χ3v) is 4.75. The fraction of sp³-hybridized carbons (Fsp3) is 0.167. The van der Waals surface area contributed by atoms with E-state index in [9.17, 15) is 14.0 Å². The highest BCUT2D eigenvalue weighted by Gasteiger charge is 2.19. The number of ether oxygens (including phenoxy) is 1. The monoisotopic (exact) mass is 358 g/mol. The smallest absolute Gasteiger partial charge is 0.348 e. The second kappa shape index (κ2) is 6.98. The number of aromatic nitrogens is 2. The Morgan fingerprint density at radius 2 is 2.04 bits per heavy atom. The predicted molar refractivity (Wildman–Crippen MR) is 96.3 cm³/mol. The van der Waals surface area contributed by atoms with Gasteiger partial charge in [-0.05, 0) is 43.2 Å². The first-order valence-electron chi connectivity index (χ1n) is 7.63. The van der Waals surface area contributed by atoms with Crippen molar-refractivity contribution in [3.63, 3.8) is 0 Å². The number of carbonyl (C=O) groups excluding carboxylic acids is 1. The molecule has 0 spiro atoms. The van der Waals surface area contributed by atoms with E-state index in [1.165, 1.54) is 12.1 Å². The molecule has 1 N–H and O–H groups in total. The number of fused-ring (bicyclic) bond motifs is 1. The van der Waals surface area contributed by atoms with Crippen LogP contribution in [0.15, 0.2) is 29.1 Å². The Hall–Kier alpha value is -2.80. The van der Waals surface area contributed by atoms with Crippen molar-refractivity contribution < 1.29 is 13.9 Å². The van der Waals surface area contributed by atoms with Crippen molar-refractivity contribution in [1.82, 2.24) is 9.97 Å². The largest absolute Gasteiger partial charge is 0.462 e. The van der Waals surface area contributed by atoms with Crippen molar-refractivity contribution in [3.8, 4) is 0 Å². The molecule has 0 aliphatic rings. The summed E-state index contributed by atoms with van der Waals surface area (Å²) in [6.45, 7) is 3.70. The molecular formula is C18H15FN2O3S. The number of nitrogens with one attached hydrogen (secondary N) is 1. The summed E-state index contributed by atoms with van der Waals surface area (Å²) in [5.41, 5.74) is 1.04. The van der Waals surface area contributed by atoms with Gasteiger partial charge in [-0.1, -0.05) is 18.2 Å². The van der Waals surface area contributed by atoms with Crippen LogP contribution < -0.4 is 5.56 Å². The summed E-state index contributed by atoms with van der Waals surface area (Å²) >= 11 is 1.13. The van der Waals surface area contributed by atoms with Crippen molar-refractivity contribution in [2.45, 2.75) is 13.8 Å². The zero-order valence-corrected chi connectivity index (χ0v) is 14.4. The molecule has 0 unspecified atom stereocenters. The molecule has 25 heavy (non-hydrogen) atoms. The number of rotatable bonds is 4. The van der Waals surface area contributed by atoms with Crippen LogP contribution in [0.3, 0.4) is 0 Å². The number of aryl methyl sites for hydroxylation is 1. The molecule has 0 radical (unpaired) electrons. The van der Waals surface area contributed by atoms with Gasteiger partial charge in [-0.2, -0.15) is 0 Å². The number of esters is 1. The molecule has 128 valence electrons. The maximum atomic E-state index is 12.9. The lowest BCUT2D eigenvalue weighted by atomic mass is 10.2. The van der Waals surface area contributed by atoms with Gasteiger partial charge in [0, 0.05) is 0 Å². The number of nitrogens with zero attached hydrogens (tertiary/aromatic N) is 1. The van der Waals surface area contributed by atoms with Crippen LogP contribution in [0.25, 0.3) is 22.4 Å². The molecule has 0 amide bonds. The highest BCUT2D eigenvalue weighted by molar-refractivity contribution is 7.20. The van der Waals surface area contributed by atoms with E-state index in [0.717, 1.165) is 16.9 Å². The quantitative estimate of drug-likeness (QED) is 0.721. The maximum Gasteiger partial charge on any atom is 0.348 e. The Kier molecular flexibility index (Phi) is 4.76. The average Bonchev–Trinajstić information content (AvgIpc) is 2.92. The van der Waals surface area contributed by atoms with Gasteiger partial charge in [-0.3, -0.25) is 4.79 Å². The topological polar surface area (TPSA) is 72.0 Å². The van der Waals surface area contributed by atoms with Crippen molar-refractivity contribution in [2.75, 3.05) is 6.61 Å². The molecule has 1 aromatic carbocycles. The number of hydrogen-bond acceptors (Lipinski definition) is 5. The van der Waals surface area contributed by atoms with Crippen molar-refractivity contribution >= 4 is 39.7 Å². The summed E-state index contributed by atoms with van der Waals surface area (Å²) in [7, 11) is 0. The van der Waals surface area contributed by atoms with E-state index in [2.05, 4.69) is 9.97 Å². The number of thiophene rings is 1. The van der Waals surface area contributed by atoms with E-state index >= 15 is 0 Å². The number of carbonyl (C=O) groups is 1. The van der Waals surface area contributed by atoms with E-state index in [0.29, 0.717) is 26.5 Å². The minimum absolute atomic E-state index is 0.266. The first-order valence-corrected chi connectivity index (χ1v) is 8.45. The highest BCUT2D eigenvalue weighted by Crippen LogP contribution is 2.27. The lowest BCUT2D eigenvalue weighted by molar-refractivity contribution is 0.0531. The van der Waals surface area contributed by atoms with Crippen molar-refractivity contribution in [1.29, 1.82) is 0 Å².